The summed E-state index contributed by atoms with van der Waals surface area (Å²) in [5, 5.41) is 3.77. The second-order valence-electron chi connectivity index (χ2n) is 5.11. The Labute approximate surface area is 113 Å². The molecule has 1 amide bonds. The van der Waals surface area contributed by atoms with Crippen LogP contribution < -0.4 is 11.1 Å². The first-order valence-electron chi connectivity index (χ1n) is 6.52. The molecule has 3 N–H and O–H groups in total. The number of hydrogen-bond donors (Lipinski definition) is 2. The molecule has 4 nitrogen and oxygen atoms in total. The van der Waals surface area contributed by atoms with Crippen LogP contribution in [0.4, 0.5) is 0 Å². The normalized spacial score (nSPS) is 12.6. The predicted octanol–water partition coefficient (Wildman–Crippen LogP) is 2.52. The van der Waals surface area contributed by atoms with E-state index in [-0.39, 0.29) is 11.9 Å². The fraction of sp³-hybridized carbons (Fsp3) is 0.400. The molecule has 0 aliphatic rings. The molecule has 2 rings (SSSR count). The summed E-state index contributed by atoms with van der Waals surface area (Å²) >= 11 is 0. The van der Waals surface area contributed by atoms with Gasteiger partial charge in [-0.15, -0.1) is 0 Å². The van der Waals surface area contributed by atoms with E-state index in [2.05, 4.69) is 5.32 Å². The van der Waals surface area contributed by atoms with Crippen molar-refractivity contribution in [3.05, 3.63) is 35.1 Å². The maximum absolute atomic E-state index is 11.9. The van der Waals surface area contributed by atoms with Gasteiger partial charge in [-0.05, 0) is 56.5 Å². The van der Waals surface area contributed by atoms with Gasteiger partial charge in [0.15, 0.2) is 5.76 Å². The minimum absolute atomic E-state index is 0.0845. The quantitative estimate of drug-likeness (QED) is 0.887. The van der Waals surface area contributed by atoms with Gasteiger partial charge in [-0.1, -0.05) is 0 Å². The van der Waals surface area contributed by atoms with Crippen LogP contribution in [0.25, 0.3) is 11.0 Å². The zero-order chi connectivity index (χ0) is 14.0. The van der Waals surface area contributed by atoms with Crippen LogP contribution in [0.1, 0.15) is 35.0 Å². The summed E-state index contributed by atoms with van der Waals surface area (Å²) in [4.78, 5) is 11.9. The highest BCUT2D eigenvalue weighted by Crippen LogP contribution is 2.23. The summed E-state index contributed by atoms with van der Waals surface area (Å²) < 4.78 is 5.58. The molecule has 0 aliphatic carbocycles. The van der Waals surface area contributed by atoms with Crippen molar-refractivity contribution in [2.45, 2.75) is 33.2 Å². The van der Waals surface area contributed by atoms with Crippen molar-refractivity contribution >= 4 is 16.9 Å². The minimum Gasteiger partial charge on any atom is -0.451 e. The SMILES string of the molecule is Cc1cc2cc(C(=O)NCCC(C)N)oc2cc1C. The average Bonchev–Trinajstić information content (AvgIpc) is 2.72. The molecule has 0 saturated heterocycles. The summed E-state index contributed by atoms with van der Waals surface area (Å²) in [5.41, 5.74) is 8.74. The number of nitrogens with two attached hydrogens (primary N) is 1. The molecular weight excluding hydrogens is 240 g/mol. The molecule has 1 heterocycles. The first-order chi connectivity index (χ1) is 8.97. The first-order valence-corrected chi connectivity index (χ1v) is 6.52. The zero-order valence-electron chi connectivity index (χ0n) is 11.6. The van der Waals surface area contributed by atoms with Crippen LogP contribution in [-0.2, 0) is 0 Å². The number of carbonyl (C=O) groups excluding carboxylic acids is 1. The van der Waals surface area contributed by atoms with Crippen molar-refractivity contribution in [1.82, 2.24) is 5.32 Å². The van der Waals surface area contributed by atoms with Gasteiger partial charge < -0.3 is 15.5 Å². The van der Waals surface area contributed by atoms with Crippen LogP contribution in [0, 0.1) is 13.8 Å². The Morgan fingerprint density at radius 1 is 1.32 bits per heavy atom. The van der Waals surface area contributed by atoms with E-state index < -0.39 is 0 Å². The van der Waals surface area contributed by atoms with Gasteiger partial charge in [-0.2, -0.15) is 0 Å². The molecule has 0 saturated carbocycles. The second-order valence-corrected chi connectivity index (χ2v) is 5.11. The molecule has 1 atom stereocenters. The molecule has 0 aliphatic heterocycles. The minimum atomic E-state index is -0.188. The highest BCUT2D eigenvalue weighted by molar-refractivity contribution is 5.96. The van der Waals surface area contributed by atoms with Crippen LogP contribution in [0.15, 0.2) is 22.6 Å². The lowest BCUT2D eigenvalue weighted by molar-refractivity contribution is 0.0927. The predicted molar refractivity (Wildman–Crippen MR) is 76.3 cm³/mol. The van der Waals surface area contributed by atoms with Gasteiger partial charge in [0.25, 0.3) is 5.91 Å². The van der Waals surface area contributed by atoms with Gasteiger partial charge in [0.05, 0.1) is 0 Å². The standard InChI is InChI=1S/C15H20N2O2/c1-9-6-12-8-14(19-13(12)7-10(9)2)15(18)17-5-4-11(3)16/h6-8,11H,4-5,16H2,1-3H3,(H,17,18). The van der Waals surface area contributed by atoms with Crippen LogP contribution in [0.3, 0.4) is 0 Å². The molecule has 2 aromatic rings. The molecule has 1 unspecified atom stereocenters. The molecule has 4 heteroatoms. The molecule has 0 bridgehead atoms. The van der Waals surface area contributed by atoms with E-state index in [1.54, 1.807) is 6.07 Å². The maximum atomic E-state index is 11.9. The number of hydrogen-bond acceptors (Lipinski definition) is 3. The number of rotatable bonds is 4. The largest absolute Gasteiger partial charge is 0.451 e. The number of benzene rings is 1. The molecular formula is C15H20N2O2. The van der Waals surface area contributed by atoms with E-state index in [9.17, 15) is 4.79 Å². The lowest BCUT2D eigenvalue weighted by atomic mass is 10.1. The number of amides is 1. The fourth-order valence-electron chi connectivity index (χ4n) is 1.91. The molecule has 102 valence electrons. The summed E-state index contributed by atoms with van der Waals surface area (Å²) in [6, 6.07) is 5.86. The molecule has 1 aromatic carbocycles. The highest BCUT2D eigenvalue weighted by Gasteiger charge is 2.12. The van der Waals surface area contributed by atoms with Crippen molar-refractivity contribution in [2.24, 2.45) is 5.73 Å². The highest BCUT2D eigenvalue weighted by atomic mass is 16.3. The van der Waals surface area contributed by atoms with E-state index in [1.807, 2.05) is 32.9 Å². The molecule has 0 radical (unpaired) electrons. The first kappa shape index (κ1) is 13.6. The number of nitrogens with one attached hydrogen (secondary N) is 1. The smallest absolute Gasteiger partial charge is 0.287 e. The van der Waals surface area contributed by atoms with Gasteiger partial charge in [0.2, 0.25) is 0 Å². The zero-order valence-corrected chi connectivity index (χ0v) is 11.6. The van der Waals surface area contributed by atoms with Crippen molar-refractivity contribution in [2.75, 3.05) is 6.54 Å². The topological polar surface area (TPSA) is 68.3 Å². The Morgan fingerprint density at radius 3 is 2.68 bits per heavy atom. The Morgan fingerprint density at radius 2 is 2.00 bits per heavy atom. The number of aryl methyl sites for hydroxylation is 2. The third-order valence-electron chi connectivity index (χ3n) is 3.24. The monoisotopic (exact) mass is 260 g/mol. The Hall–Kier alpha value is -1.81. The third-order valence-corrected chi connectivity index (χ3v) is 3.24. The summed E-state index contributed by atoms with van der Waals surface area (Å²) in [7, 11) is 0. The van der Waals surface area contributed by atoms with Crippen LogP contribution >= 0.6 is 0 Å². The third kappa shape index (κ3) is 3.15. The Bertz CT molecular complexity index is 560. The average molecular weight is 260 g/mol. The van der Waals surface area contributed by atoms with E-state index in [0.717, 1.165) is 23.0 Å². The number of carbonyl (C=O) groups is 1. The molecule has 1 aromatic heterocycles. The van der Waals surface area contributed by atoms with E-state index in [1.165, 1.54) is 5.56 Å². The number of furan rings is 1. The van der Waals surface area contributed by atoms with E-state index >= 15 is 0 Å². The van der Waals surface area contributed by atoms with E-state index in [0.29, 0.717) is 12.3 Å². The Balaban J connectivity index is 2.14. The number of fused-ring (bicyclic) bond motifs is 1. The summed E-state index contributed by atoms with van der Waals surface area (Å²) in [5.74, 6) is 0.164. The molecule has 0 spiro atoms. The van der Waals surface area contributed by atoms with Crippen molar-refractivity contribution in [3.63, 3.8) is 0 Å². The van der Waals surface area contributed by atoms with Gasteiger partial charge in [0, 0.05) is 18.0 Å². The molecule has 0 fully saturated rings. The maximum Gasteiger partial charge on any atom is 0.287 e. The second kappa shape index (κ2) is 5.45. The van der Waals surface area contributed by atoms with Gasteiger partial charge in [0.1, 0.15) is 5.58 Å². The van der Waals surface area contributed by atoms with Crippen LogP contribution in [0.2, 0.25) is 0 Å². The lowest BCUT2D eigenvalue weighted by Crippen LogP contribution is -2.28. The fourth-order valence-corrected chi connectivity index (χ4v) is 1.91. The van der Waals surface area contributed by atoms with Crippen molar-refractivity contribution in [3.8, 4) is 0 Å². The van der Waals surface area contributed by atoms with Crippen LogP contribution in [-0.4, -0.2) is 18.5 Å². The van der Waals surface area contributed by atoms with Gasteiger partial charge >= 0.3 is 0 Å². The van der Waals surface area contributed by atoms with Crippen molar-refractivity contribution < 1.29 is 9.21 Å². The van der Waals surface area contributed by atoms with Gasteiger partial charge in [-0.3, -0.25) is 4.79 Å². The van der Waals surface area contributed by atoms with Crippen molar-refractivity contribution in [1.29, 1.82) is 0 Å². The van der Waals surface area contributed by atoms with Gasteiger partial charge in [-0.25, -0.2) is 0 Å². The molecule has 19 heavy (non-hydrogen) atoms. The van der Waals surface area contributed by atoms with Crippen LogP contribution in [0.5, 0.6) is 0 Å². The summed E-state index contributed by atoms with van der Waals surface area (Å²) in [6.07, 6.45) is 0.754. The summed E-state index contributed by atoms with van der Waals surface area (Å²) in [6.45, 7) is 6.55. The Kier molecular flexibility index (Phi) is 3.90. The lowest BCUT2D eigenvalue weighted by Gasteiger charge is -2.05. The van der Waals surface area contributed by atoms with E-state index in [4.69, 9.17) is 10.2 Å².